The summed E-state index contributed by atoms with van der Waals surface area (Å²) in [4.78, 5) is 3.87. The molecule has 2 rings (SSSR count). The summed E-state index contributed by atoms with van der Waals surface area (Å²) in [5.74, 6) is 0. The van der Waals surface area contributed by atoms with Crippen LogP contribution in [0, 0.1) is 0 Å². The molecule has 0 unspecified atom stereocenters. The van der Waals surface area contributed by atoms with Crippen molar-refractivity contribution in [2.75, 3.05) is 0 Å². The molecule has 0 radical (unpaired) electrons. The molecule has 0 amide bonds. The van der Waals surface area contributed by atoms with Crippen molar-refractivity contribution in [1.82, 2.24) is 4.98 Å². The zero-order valence-corrected chi connectivity index (χ0v) is 11.8. The summed E-state index contributed by atoms with van der Waals surface area (Å²) in [7, 11) is 0. The van der Waals surface area contributed by atoms with Crippen molar-refractivity contribution in [1.29, 1.82) is 0 Å². The molecular formula is C9HCl6N. The van der Waals surface area contributed by atoms with Gasteiger partial charge >= 0.3 is 0 Å². The molecule has 0 spiro atoms. The third kappa shape index (κ3) is 1.84. The molecule has 0 aliphatic rings. The highest BCUT2D eigenvalue weighted by Crippen LogP contribution is 2.46. The number of halogens is 6. The van der Waals surface area contributed by atoms with Gasteiger partial charge in [-0.15, -0.1) is 0 Å². The van der Waals surface area contributed by atoms with Crippen LogP contribution in [0.4, 0.5) is 0 Å². The van der Waals surface area contributed by atoms with E-state index in [1.165, 1.54) is 6.20 Å². The summed E-state index contributed by atoms with van der Waals surface area (Å²) in [6.07, 6.45) is 1.44. The van der Waals surface area contributed by atoms with Crippen LogP contribution in [0.2, 0.25) is 30.3 Å². The average molecular weight is 336 g/mol. The first-order chi connectivity index (χ1) is 7.45. The summed E-state index contributed by atoms with van der Waals surface area (Å²) < 4.78 is 0. The van der Waals surface area contributed by atoms with Gasteiger partial charge in [0.05, 0.1) is 25.1 Å². The van der Waals surface area contributed by atoms with Crippen molar-refractivity contribution in [3.63, 3.8) is 0 Å². The molecule has 0 atom stereocenters. The fraction of sp³-hybridized carbons (Fsp3) is 0. The molecule has 0 fully saturated rings. The van der Waals surface area contributed by atoms with Crippen molar-refractivity contribution in [3.8, 4) is 0 Å². The van der Waals surface area contributed by atoms with E-state index in [0.717, 1.165) is 0 Å². The van der Waals surface area contributed by atoms with Gasteiger partial charge in [0.2, 0.25) is 0 Å². The van der Waals surface area contributed by atoms with E-state index in [0.29, 0.717) is 10.8 Å². The molecule has 0 aliphatic heterocycles. The van der Waals surface area contributed by atoms with Crippen molar-refractivity contribution >= 4 is 80.4 Å². The molecule has 1 heterocycles. The Morgan fingerprint density at radius 3 is 1.88 bits per heavy atom. The number of benzene rings is 1. The molecule has 16 heavy (non-hydrogen) atoms. The van der Waals surface area contributed by atoms with Crippen molar-refractivity contribution < 1.29 is 0 Å². The van der Waals surface area contributed by atoms with E-state index < -0.39 is 0 Å². The maximum Gasteiger partial charge on any atom is 0.148 e. The first-order valence-corrected chi connectivity index (χ1v) is 6.17. The smallest absolute Gasteiger partial charge is 0.148 e. The predicted octanol–water partition coefficient (Wildman–Crippen LogP) is 6.16. The van der Waals surface area contributed by atoms with Crippen LogP contribution < -0.4 is 0 Å². The lowest BCUT2D eigenvalue weighted by atomic mass is 10.2. The third-order valence-electron chi connectivity index (χ3n) is 2.01. The van der Waals surface area contributed by atoms with E-state index in [1.54, 1.807) is 0 Å². The number of nitrogens with zero attached hydrogens (tertiary/aromatic N) is 1. The highest BCUT2D eigenvalue weighted by atomic mass is 35.5. The molecule has 7 heteroatoms. The third-order valence-corrected chi connectivity index (χ3v) is 4.58. The van der Waals surface area contributed by atoms with Crippen LogP contribution in [0.5, 0.6) is 0 Å². The normalized spacial score (nSPS) is 11.1. The van der Waals surface area contributed by atoms with Crippen molar-refractivity contribution in [2.45, 2.75) is 0 Å². The highest BCUT2D eigenvalue weighted by Gasteiger charge is 2.18. The maximum absolute atomic E-state index is 6.03. The largest absolute Gasteiger partial charge is 0.242 e. The van der Waals surface area contributed by atoms with E-state index in [9.17, 15) is 0 Å². The predicted molar refractivity (Wildman–Crippen MR) is 71.8 cm³/mol. The number of pyridine rings is 1. The zero-order valence-electron chi connectivity index (χ0n) is 7.29. The molecular weight excluding hydrogens is 335 g/mol. The molecule has 1 aromatic carbocycles. The number of fused-ring (bicyclic) bond motifs is 1. The molecule has 0 aliphatic carbocycles. The quantitative estimate of drug-likeness (QED) is 0.319. The van der Waals surface area contributed by atoms with Gasteiger partial charge in [-0.1, -0.05) is 69.6 Å². The van der Waals surface area contributed by atoms with E-state index >= 15 is 0 Å². The molecule has 1 aromatic heterocycles. The Kier molecular flexibility index (Phi) is 3.66. The Bertz CT molecular complexity index is 595. The number of hydrogen-bond acceptors (Lipinski definition) is 1. The second-order valence-corrected chi connectivity index (χ2v) is 5.16. The fourth-order valence-electron chi connectivity index (χ4n) is 1.27. The molecule has 0 saturated carbocycles. The molecule has 84 valence electrons. The minimum Gasteiger partial charge on any atom is -0.242 e. The minimum absolute atomic E-state index is 0.130. The standard InChI is InChI=1S/C9HCl6N/c10-4-2-1-16-9(15)6(12)3(2)5(11)8(14)7(4)13/h1H. The summed E-state index contributed by atoms with van der Waals surface area (Å²) >= 11 is 35.6. The van der Waals surface area contributed by atoms with Crippen LogP contribution in [0.15, 0.2) is 6.20 Å². The maximum atomic E-state index is 6.03. The van der Waals surface area contributed by atoms with Crippen LogP contribution in [0.1, 0.15) is 0 Å². The van der Waals surface area contributed by atoms with E-state index in [-0.39, 0.29) is 30.3 Å². The SMILES string of the molecule is Clc1ncc2c(Cl)c(Cl)c(Cl)c(Cl)c2c1Cl. The van der Waals surface area contributed by atoms with Crippen LogP contribution in [0.3, 0.4) is 0 Å². The number of aromatic nitrogens is 1. The van der Waals surface area contributed by atoms with E-state index in [1.807, 2.05) is 0 Å². The molecule has 0 N–H and O–H groups in total. The van der Waals surface area contributed by atoms with Crippen LogP contribution in [-0.4, -0.2) is 4.98 Å². The van der Waals surface area contributed by atoms with Crippen LogP contribution >= 0.6 is 69.6 Å². The summed E-state index contributed by atoms with van der Waals surface area (Å²) in [6, 6.07) is 0. The first kappa shape index (κ1) is 12.8. The zero-order chi connectivity index (χ0) is 12.0. The van der Waals surface area contributed by atoms with Gasteiger partial charge in [0.1, 0.15) is 5.15 Å². The Balaban J connectivity index is 3.09. The molecule has 0 saturated heterocycles. The summed E-state index contributed by atoms with van der Waals surface area (Å²) in [5, 5.41) is 2.05. The molecule has 2 aromatic rings. The van der Waals surface area contributed by atoms with Crippen molar-refractivity contribution in [3.05, 3.63) is 36.5 Å². The highest BCUT2D eigenvalue weighted by molar-refractivity contribution is 6.57. The number of rotatable bonds is 0. The Labute approximate surface area is 121 Å². The van der Waals surface area contributed by atoms with E-state index in [2.05, 4.69) is 4.98 Å². The van der Waals surface area contributed by atoms with Gasteiger partial charge in [0.15, 0.2) is 0 Å². The van der Waals surface area contributed by atoms with E-state index in [4.69, 9.17) is 69.6 Å². The second-order valence-electron chi connectivity index (χ2n) is 2.91. The minimum atomic E-state index is 0.130. The Morgan fingerprint density at radius 2 is 1.25 bits per heavy atom. The number of hydrogen-bond donors (Lipinski definition) is 0. The lowest BCUT2D eigenvalue weighted by Gasteiger charge is -2.09. The Morgan fingerprint density at radius 1 is 0.688 bits per heavy atom. The second kappa shape index (κ2) is 4.56. The van der Waals surface area contributed by atoms with Crippen molar-refractivity contribution in [2.24, 2.45) is 0 Å². The van der Waals surface area contributed by atoms with Crippen LogP contribution in [0.25, 0.3) is 10.8 Å². The molecule has 1 nitrogen and oxygen atoms in total. The van der Waals surface area contributed by atoms with Gasteiger partial charge in [-0.25, -0.2) is 4.98 Å². The van der Waals surface area contributed by atoms with Gasteiger partial charge in [-0.2, -0.15) is 0 Å². The summed E-state index contributed by atoms with van der Waals surface area (Å²) in [5.41, 5.74) is 0. The van der Waals surface area contributed by atoms with Crippen LogP contribution in [-0.2, 0) is 0 Å². The van der Waals surface area contributed by atoms with Gasteiger partial charge < -0.3 is 0 Å². The first-order valence-electron chi connectivity index (χ1n) is 3.90. The molecule has 0 bridgehead atoms. The van der Waals surface area contributed by atoms with Gasteiger partial charge in [0.25, 0.3) is 0 Å². The lowest BCUT2D eigenvalue weighted by Crippen LogP contribution is -1.86. The lowest BCUT2D eigenvalue weighted by molar-refractivity contribution is 1.36. The topological polar surface area (TPSA) is 12.9 Å². The van der Waals surface area contributed by atoms with Gasteiger partial charge in [-0.05, 0) is 0 Å². The Hall–Kier alpha value is 0.370. The monoisotopic (exact) mass is 333 g/mol. The average Bonchev–Trinajstić information content (AvgIpc) is 2.27. The fourth-order valence-corrected chi connectivity index (χ4v) is 2.71. The van der Waals surface area contributed by atoms with Gasteiger partial charge in [0, 0.05) is 17.0 Å². The van der Waals surface area contributed by atoms with Gasteiger partial charge in [-0.3, -0.25) is 0 Å². The summed E-state index contributed by atoms with van der Waals surface area (Å²) in [6.45, 7) is 0.